The fraction of sp³-hybridized carbons (Fsp3) is 0. The SMILES string of the molecule is NC(=O)c1n[nH]nc1-n1c(=O)[nH]c2ccccc21. The van der Waals surface area contributed by atoms with Crippen LogP contribution in [0.3, 0.4) is 0 Å². The molecule has 8 nitrogen and oxygen atoms in total. The van der Waals surface area contributed by atoms with Gasteiger partial charge in [0.15, 0.2) is 11.5 Å². The molecule has 1 aromatic carbocycles. The number of nitrogens with zero attached hydrogens (tertiary/aromatic N) is 3. The van der Waals surface area contributed by atoms with Crippen LogP contribution in [0.5, 0.6) is 0 Å². The van der Waals surface area contributed by atoms with Gasteiger partial charge in [-0.05, 0) is 12.1 Å². The summed E-state index contributed by atoms with van der Waals surface area (Å²) in [5.74, 6) is -0.666. The van der Waals surface area contributed by atoms with E-state index in [2.05, 4.69) is 20.4 Å². The van der Waals surface area contributed by atoms with E-state index in [0.717, 1.165) is 0 Å². The van der Waals surface area contributed by atoms with Gasteiger partial charge in [0.05, 0.1) is 11.0 Å². The number of amides is 1. The number of carbonyl (C=O) groups is 1. The summed E-state index contributed by atoms with van der Waals surface area (Å²) >= 11 is 0. The van der Waals surface area contributed by atoms with E-state index in [0.29, 0.717) is 11.0 Å². The molecule has 1 amide bonds. The Kier molecular flexibility index (Phi) is 2.03. The van der Waals surface area contributed by atoms with Crippen molar-refractivity contribution in [3.8, 4) is 5.82 Å². The van der Waals surface area contributed by atoms with Crippen LogP contribution in [0.2, 0.25) is 0 Å². The first-order valence-corrected chi connectivity index (χ1v) is 5.09. The van der Waals surface area contributed by atoms with Crippen molar-refractivity contribution in [2.24, 2.45) is 5.73 Å². The number of nitrogens with one attached hydrogen (secondary N) is 2. The van der Waals surface area contributed by atoms with Crippen LogP contribution in [0, 0.1) is 0 Å². The van der Waals surface area contributed by atoms with E-state index in [4.69, 9.17) is 5.73 Å². The Labute approximate surface area is 99.4 Å². The van der Waals surface area contributed by atoms with Crippen LogP contribution in [0.4, 0.5) is 0 Å². The van der Waals surface area contributed by atoms with Crippen LogP contribution in [-0.4, -0.2) is 30.9 Å². The Balaban J connectivity index is 2.38. The largest absolute Gasteiger partial charge is 0.364 e. The number of fused-ring (bicyclic) bond motifs is 1. The normalized spacial score (nSPS) is 10.9. The maximum Gasteiger partial charge on any atom is 0.332 e. The first kappa shape index (κ1) is 10.3. The molecular formula is C10H8N6O2. The van der Waals surface area contributed by atoms with Crippen molar-refractivity contribution >= 4 is 16.9 Å². The molecule has 2 aromatic heterocycles. The molecule has 3 rings (SSSR count). The Morgan fingerprint density at radius 1 is 1.28 bits per heavy atom. The molecule has 0 aliphatic heterocycles. The van der Waals surface area contributed by atoms with Gasteiger partial charge in [-0.25, -0.2) is 9.36 Å². The van der Waals surface area contributed by atoms with Gasteiger partial charge >= 0.3 is 5.69 Å². The summed E-state index contributed by atoms with van der Waals surface area (Å²) in [6, 6.07) is 7.04. The number of H-pyrrole nitrogens is 2. The Bertz CT molecular complexity index is 796. The highest BCUT2D eigenvalue weighted by Gasteiger charge is 2.19. The van der Waals surface area contributed by atoms with Gasteiger partial charge in [0.25, 0.3) is 5.91 Å². The zero-order valence-electron chi connectivity index (χ0n) is 9.04. The number of rotatable bonds is 2. The van der Waals surface area contributed by atoms with Crippen LogP contribution in [0.25, 0.3) is 16.9 Å². The minimum absolute atomic E-state index is 0.0816. The number of hydrogen-bond donors (Lipinski definition) is 3. The Morgan fingerprint density at radius 3 is 2.83 bits per heavy atom. The lowest BCUT2D eigenvalue weighted by atomic mass is 10.3. The highest BCUT2D eigenvalue weighted by Crippen LogP contribution is 2.14. The molecule has 0 radical (unpaired) electrons. The van der Waals surface area contributed by atoms with E-state index in [9.17, 15) is 9.59 Å². The minimum Gasteiger partial charge on any atom is -0.364 e. The average Bonchev–Trinajstić information content (AvgIpc) is 2.91. The molecule has 90 valence electrons. The van der Waals surface area contributed by atoms with Crippen molar-refractivity contribution < 1.29 is 4.79 Å². The van der Waals surface area contributed by atoms with E-state index in [-0.39, 0.29) is 11.5 Å². The summed E-state index contributed by atoms with van der Waals surface area (Å²) < 4.78 is 1.25. The third-order valence-electron chi connectivity index (χ3n) is 2.56. The van der Waals surface area contributed by atoms with Gasteiger partial charge in [0, 0.05) is 0 Å². The molecular weight excluding hydrogens is 236 g/mol. The molecule has 0 aliphatic carbocycles. The van der Waals surface area contributed by atoms with Crippen molar-refractivity contribution in [3.05, 3.63) is 40.4 Å². The molecule has 0 saturated heterocycles. The van der Waals surface area contributed by atoms with Gasteiger partial charge in [0.1, 0.15) is 0 Å². The number of primary amides is 1. The average molecular weight is 244 g/mol. The smallest absolute Gasteiger partial charge is 0.332 e. The van der Waals surface area contributed by atoms with E-state index in [1.165, 1.54) is 4.57 Å². The zero-order chi connectivity index (χ0) is 12.7. The van der Waals surface area contributed by atoms with Crippen molar-refractivity contribution in [1.82, 2.24) is 25.0 Å². The molecule has 2 heterocycles. The molecule has 8 heteroatoms. The fourth-order valence-corrected chi connectivity index (χ4v) is 1.81. The lowest BCUT2D eigenvalue weighted by Gasteiger charge is -1.98. The summed E-state index contributed by atoms with van der Waals surface area (Å²) in [4.78, 5) is 25.7. The molecule has 0 saturated carbocycles. The van der Waals surface area contributed by atoms with Crippen LogP contribution in [0.1, 0.15) is 10.5 Å². The fourth-order valence-electron chi connectivity index (χ4n) is 1.81. The van der Waals surface area contributed by atoms with E-state index in [1.54, 1.807) is 24.3 Å². The summed E-state index contributed by atoms with van der Waals surface area (Å²) in [6.45, 7) is 0. The number of para-hydroxylation sites is 2. The van der Waals surface area contributed by atoms with Gasteiger partial charge < -0.3 is 10.7 Å². The second-order valence-electron chi connectivity index (χ2n) is 3.64. The highest BCUT2D eigenvalue weighted by molar-refractivity contribution is 5.94. The first-order chi connectivity index (χ1) is 8.68. The third kappa shape index (κ3) is 1.32. The molecule has 0 unspecified atom stereocenters. The summed E-state index contributed by atoms with van der Waals surface area (Å²) in [7, 11) is 0. The van der Waals surface area contributed by atoms with E-state index < -0.39 is 11.6 Å². The van der Waals surface area contributed by atoms with Gasteiger partial charge in [-0.2, -0.15) is 5.21 Å². The molecule has 0 aliphatic rings. The Hall–Kier alpha value is -2.90. The number of aromatic nitrogens is 5. The van der Waals surface area contributed by atoms with Crippen molar-refractivity contribution in [2.45, 2.75) is 0 Å². The van der Waals surface area contributed by atoms with Crippen molar-refractivity contribution in [1.29, 1.82) is 0 Å². The predicted octanol–water partition coefficient (Wildman–Crippen LogP) is -0.464. The lowest BCUT2D eigenvalue weighted by molar-refractivity contribution is 0.0995. The number of aromatic amines is 2. The van der Waals surface area contributed by atoms with Crippen LogP contribution < -0.4 is 11.4 Å². The lowest BCUT2D eigenvalue weighted by Crippen LogP contribution is -2.20. The first-order valence-electron chi connectivity index (χ1n) is 5.09. The Morgan fingerprint density at radius 2 is 2.06 bits per heavy atom. The molecule has 18 heavy (non-hydrogen) atoms. The molecule has 0 bridgehead atoms. The van der Waals surface area contributed by atoms with E-state index in [1.807, 2.05) is 0 Å². The van der Waals surface area contributed by atoms with Gasteiger partial charge in [0.2, 0.25) is 0 Å². The summed E-state index contributed by atoms with van der Waals surface area (Å²) in [6.07, 6.45) is 0. The zero-order valence-corrected chi connectivity index (χ0v) is 9.04. The second-order valence-corrected chi connectivity index (χ2v) is 3.64. The van der Waals surface area contributed by atoms with Gasteiger partial charge in [-0.3, -0.25) is 4.79 Å². The van der Waals surface area contributed by atoms with Crippen LogP contribution in [-0.2, 0) is 0 Å². The topological polar surface area (TPSA) is 122 Å². The van der Waals surface area contributed by atoms with Crippen molar-refractivity contribution in [2.75, 3.05) is 0 Å². The van der Waals surface area contributed by atoms with Crippen LogP contribution in [0.15, 0.2) is 29.1 Å². The number of nitrogens with two attached hydrogens (primary N) is 1. The number of carbonyl (C=O) groups excluding carboxylic acids is 1. The third-order valence-corrected chi connectivity index (χ3v) is 2.56. The number of benzene rings is 1. The number of hydrogen-bond acceptors (Lipinski definition) is 4. The standard InChI is InChI=1S/C10H8N6O2/c11-8(17)7-9(14-15-13-7)16-6-4-2-1-3-5(6)12-10(16)18/h1-4H,(H2,11,17)(H,12,18)(H,13,14,15). The van der Waals surface area contributed by atoms with E-state index >= 15 is 0 Å². The van der Waals surface area contributed by atoms with Crippen LogP contribution >= 0.6 is 0 Å². The molecule has 4 N–H and O–H groups in total. The van der Waals surface area contributed by atoms with Gasteiger partial charge in [-0.15, -0.1) is 10.2 Å². The predicted molar refractivity (Wildman–Crippen MR) is 62.4 cm³/mol. The maximum atomic E-state index is 11.9. The maximum absolute atomic E-state index is 11.9. The summed E-state index contributed by atoms with van der Waals surface area (Å²) in [5, 5.41) is 9.72. The molecule has 3 aromatic rings. The van der Waals surface area contributed by atoms with Gasteiger partial charge in [-0.1, -0.05) is 12.1 Å². The molecule has 0 atom stereocenters. The minimum atomic E-state index is -0.754. The summed E-state index contributed by atoms with van der Waals surface area (Å²) in [5.41, 5.74) is 5.92. The molecule has 0 spiro atoms. The quantitative estimate of drug-likeness (QED) is 0.564. The highest BCUT2D eigenvalue weighted by atomic mass is 16.2. The molecule has 0 fully saturated rings. The second kappa shape index (κ2) is 3.55. The monoisotopic (exact) mass is 244 g/mol. The number of imidazole rings is 1. The van der Waals surface area contributed by atoms with Crippen molar-refractivity contribution in [3.63, 3.8) is 0 Å².